The maximum atomic E-state index is 12.5. The molecule has 1 aromatic carbocycles. The number of nitriles is 1. The van der Waals surface area contributed by atoms with E-state index in [-0.39, 0.29) is 11.9 Å². The summed E-state index contributed by atoms with van der Waals surface area (Å²) in [6.45, 7) is 4.76. The zero-order valence-electron chi connectivity index (χ0n) is 11.1. The number of hydrogen-bond donors (Lipinski definition) is 0. The number of benzene rings is 1. The summed E-state index contributed by atoms with van der Waals surface area (Å²) in [5.41, 5.74) is 0.738. The summed E-state index contributed by atoms with van der Waals surface area (Å²) in [5.74, 6) is 0.0694. The first-order valence-electron chi connectivity index (χ1n) is 6.41. The summed E-state index contributed by atoms with van der Waals surface area (Å²) >= 11 is 5.60. The molecule has 1 unspecified atom stereocenters. The number of halogens is 2. The Labute approximate surface area is 141 Å². The fraction of sp³-hybridized carbons (Fsp3) is 0.429. The minimum Gasteiger partial charge on any atom is -0.336 e. The Morgan fingerprint density at radius 1 is 1.40 bits per heavy atom. The van der Waals surface area contributed by atoms with E-state index in [9.17, 15) is 4.79 Å². The van der Waals surface area contributed by atoms with Crippen LogP contribution < -0.4 is 0 Å². The predicted octanol–water partition coefficient (Wildman–Crippen LogP) is 2.72. The molecule has 20 heavy (non-hydrogen) atoms. The lowest BCUT2D eigenvalue weighted by Crippen LogP contribution is -2.51. The summed E-state index contributed by atoms with van der Waals surface area (Å²) < 4.78 is 1.88. The first kappa shape index (κ1) is 15.7. The Morgan fingerprint density at radius 3 is 2.65 bits per heavy atom. The smallest absolute Gasteiger partial charge is 0.255 e. The second kappa shape index (κ2) is 6.87. The molecule has 1 amide bonds. The lowest BCUT2D eigenvalue weighted by molar-refractivity contribution is 0.0614. The van der Waals surface area contributed by atoms with Crippen molar-refractivity contribution in [3.63, 3.8) is 0 Å². The molecule has 1 aliphatic heterocycles. The summed E-state index contributed by atoms with van der Waals surface area (Å²) in [5, 5.41) is 8.93. The van der Waals surface area contributed by atoms with E-state index in [4.69, 9.17) is 5.26 Å². The Hall–Kier alpha value is -0.650. The largest absolute Gasteiger partial charge is 0.336 e. The molecule has 6 heteroatoms. The number of hydrogen-bond acceptors (Lipinski definition) is 3. The third-order valence-electron chi connectivity index (χ3n) is 3.49. The van der Waals surface area contributed by atoms with Crippen molar-refractivity contribution in [3.8, 4) is 6.07 Å². The molecule has 1 saturated heterocycles. The average molecular weight is 448 g/mol. The molecule has 0 radical (unpaired) electrons. The molecule has 1 heterocycles. The fourth-order valence-electron chi connectivity index (χ4n) is 2.23. The van der Waals surface area contributed by atoms with E-state index in [1.54, 1.807) is 0 Å². The number of piperazine rings is 1. The molecule has 0 bridgehead atoms. The lowest BCUT2D eigenvalue weighted by Gasteiger charge is -2.36. The lowest BCUT2D eigenvalue weighted by atomic mass is 10.1. The van der Waals surface area contributed by atoms with E-state index < -0.39 is 0 Å². The molecule has 1 fully saturated rings. The van der Waals surface area contributed by atoms with Crippen LogP contribution in [0.1, 0.15) is 17.3 Å². The first-order chi connectivity index (χ1) is 9.52. The Bertz CT molecular complexity index is 550. The maximum Gasteiger partial charge on any atom is 0.255 e. The van der Waals surface area contributed by atoms with Gasteiger partial charge in [-0.1, -0.05) is 15.9 Å². The highest BCUT2D eigenvalue weighted by Gasteiger charge is 2.25. The van der Waals surface area contributed by atoms with Crippen LogP contribution in [0.2, 0.25) is 0 Å². The monoisotopic (exact) mass is 447 g/mol. The first-order valence-corrected chi connectivity index (χ1v) is 8.28. The van der Waals surface area contributed by atoms with Crippen molar-refractivity contribution in [2.24, 2.45) is 0 Å². The number of carbonyl (C=O) groups excluding carboxylic acids is 1. The van der Waals surface area contributed by atoms with Crippen molar-refractivity contribution in [2.45, 2.75) is 13.0 Å². The molecule has 0 saturated carbocycles. The van der Waals surface area contributed by atoms with Crippen molar-refractivity contribution < 1.29 is 4.79 Å². The normalized spacial score (nSPS) is 17.6. The molecule has 4 nitrogen and oxygen atoms in total. The molecule has 0 aromatic heterocycles. The minimum absolute atomic E-state index is 0.0694. The van der Waals surface area contributed by atoms with Crippen LogP contribution in [0.25, 0.3) is 0 Å². The average Bonchev–Trinajstić information content (AvgIpc) is 2.48. The highest BCUT2D eigenvalue weighted by Crippen LogP contribution is 2.20. The van der Waals surface area contributed by atoms with Gasteiger partial charge in [0, 0.05) is 34.2 Å². The second-order valence-electron chi connectivity index (χ2n) is 4.76. The van der Waals surface area contributed by atoms with Crippen LogP contribution >= 0.6 is 38.5 Å². The van der Waals surface area contributed by atoms with E-state index >= 15 is 0 Å². The SMILES string of the molecule is CC(C#N)N1CCN(C(=O)c2cc(Br)ccc2I)CC1. The molecule has 1 atom stereocenters. The Morgan fingerprint density at radius 2 is 2.05 bits per heavy atom. The van der Waals surface area contributed by atoms with E-state index in [2.05, 4.69) is 49.5 Å². The van der Waals surface area contributed by atoms with Gasteiger partial charge in [-0.25, -0.2) is 0 Å². The third-order valence-corrected chi connectivity index (χ3v) is 4.93. The highest BCUT2D eigenvalue weighted by molar-refractivity contribution is 14.1. The molecule has 1 aromatic rings. The Balaban J connectivity index is 2.05. The molecule has 106 valence electrons. The number of amides is 1. The predicted molar refractivity (Wildman–Crippen MR) is 89.4 cm³/mol. The van der Waals surface area contributed by atoms with Gasteiger partial charge in [-0.2, -0.15) is 5.26 Å². The zero-order chi connectivity index (χ0) is 14.7. The summed E-state index contributed by atoms with van der Waals surface area (Å²) in [4.78, 5) is 16.5. The second-order valence-corrected chi connectivity index (χ2v) is 6.84. The van der Waals surface area contributed by atoms with Crippen molar-refractivity contribution in [1.82, 2.24) is 9.80 Å². The van der Waals surface area contributed by atoms with Crippen molar-refractivity contribution in [3.05, 3.63) is 31.8 Å². The van der Waals surface area contributed by atoms with Crippen LogP contribution in [0.5, 0.6) is 0 Å². The van der Waals surface area contributed by atoms with Gasteiger partial charge in [0.15, 0.2) is 0 Å². The van der Waals surface area contributed by atoms with E-state index in [1.807, 2.05) is 30.0 Å². The van der Waals surface area contributed by atoms with Crippen LogP contribution in [0.3, 0.4) is 0 Å². The molecule has 2 rings (SSSR count). The number of rotatable bonds is 2. The van der Waals surface area contributed by atoms with Gasteiger partial charge in [-0.3, -0.25) is 9.69 Å². The highest BCUT2D eigenvalue weighted by atomic mass is 127. The van der Waals surface area contributed by atoms with Crippen LogP contribution in [0.4, 0.5) is 0 Å². The van der Waals surface area contributed by atoms with Crippen molar-refractivity contribution in [1.29, 1.82) is 5.26 Å². The molecule has 0 spiro atoms. The molecule has 0 aliphatic carbocycles. The van der Waals surface area contributed by atoms with Crippen LogP contribution in [0, 0.1) is 14.9 Å². The maximum absolute atomic E-state index is 12.5. The van der Waals surface area contributed by atoms with Crippen LogP contribution in [-0.4, -0.2) is 47.9 Å². The minimum atomic E-state index is -0.0849. The van der Waals surface area contributed by atoms with Gasteiger partial charge in [0.05, 0.1) is 17.7 Å². The number of nitrogens with zero attached hydrogens (tertiary/aromatic N) is 3. The molecular formula is C14H15BrIN3O. The summed E-state index contributed by atoms with van der Waals surface area (Å²) in [7, 11) is 0. The van der Waals surface area contributed by atoms with Crippen LogP contribution in [0.15, 0.2) is 22.7 Å². The molecule has 1 aliphatic rings. The van der Waals surface area contributed by atoms with Gasteiger partial charge in [-0.05, 0) is 47.7 Å². The Kier molecular flexibility index (Phi) is 5.41. The molecular weight excluding hydrogens is 433 g/mol. The number of carbonyl (C=O) groups is 1. The van der Waals surface area contributed by atoms with Gasteiger partial charge in [-0.15, -0.1) is 0 Å². The van der Waals surface area contributed by atoms with Crippen molar-refractivity contribution >= 4 is 44.4 Å². The summed E-state index contributed by atoms with van der Waals surface area (Å²) in [6.07, 6.45) is 0. The van der Waals surface area contributed by atoms with E-state index in [0.29, 0.717) is 13.1 Å². The van der Waals surface area contributed by atoms with Crippen molar-refractivity contribution in [2.75, 3.05) is 26.2 Å². The summed E-state index contributed by atoms with van der Waals surface area (Å²) in [6, 6.07) is 7.90. The fourth-order valence-corrected chi connectivity index (χ4v) is 3.15. The standard InChI is InChI=1S/C14H15BrIN3O/c1-10(9-17)18-4-6-19(7-5-18)14(20)12-8-11(15)2-3-13(12)16/h2-3,8,10H,4-7H2,1H3. The quantitative estimate of drug-likeness (QED) is 0.655. The zero-order valence-corrected chi connectivity index (χ0v) is 14.9. The molecule has 0 N–H and O–H groups in total. The van der Waals surface area contributed by atoms with E-state index in [1.165, 1.54) is 0 Å². The third kappa shape index (κ3) is 3.51. The van der Waals surface area contributed by atoms with Gasteiger partial charge in [0.25, 0.3) is 5.91 Å². The van der Waals surface area contributed by atoms with E-state index in [0.717, 1.165) is 26.7 Å². The van der Waals surface area contributed by atoms with Gasteiger partial charge < -0.3 is 4.90 Å². The van der Waals surface area contributed by atoms with Crippen LogP contribution in [-0.2, 0) is 0 Å². The van der Waals surface area contributed by atoms with Gasteiger partial charge in [0.1, 0.15) is 0 Å². The van der Waals surface area contributed by atoms with Gasteiger partial charge >= 0.3 is 0 Å². The topological polar surface area (TPSA) is 47.3 Å². The van der Waals surface area contributed by atoms with Gasteiger partial charge in [0.2, 0.25) is 0 Å².